The summed E-state index contributed by atoms with van der Waals surface area (Å²) in [5.41, 5.74) is 4.15. The van der Waals surface area contributed by atoms with Gasteiger partial charge in [0.1, 0.15) is 23.8 Å². The first kappa shape index (κ1) is 23.5. The molecule has 0 spiro atoms. The first-order valence-corrected chi connectivity index (χ1v) is 12.3. The Morgan fingerprint density at radius 1 is 1.20 bits per heavy atom. The third-order valence-corrected chi connectivity index (χ3v) is 7.07. The highest BCUT2D eigenvalue weighted by atomic mass is 35.5. The molecule has 0 aliphatic carbocycles. The van der Waals surface area contributed by atoms with Crippen LogP contribution in [0.25, 0.3) is 21.7 Å². The topological polar surface area (TPSA) is 68.8 Å². The Morgan fingerprint density at radius 3 is 2.74 bits per heavy atom. The van der Waals surface area contributed by atoms with Crippen molar-refractivity contribution in [3.8, 4) is 11.5 Å². The zero-order chi connectivity index (χ0) is 24.9. The Bertz CT molecular complexity index is 1430. The predicted molar refractivity (Wildman–Crippen MR) is 142 cm³/mol. The largest absolute Gasteiger partial charge is 0.507 e. The molecule has 5 rings (SSSR count). The number of anilines is 1. The van der Waals surface area contributed by atoms with Crippen molar-refractivity contribution >= 4 is 44.9 Å². The van der Waals surface area contributed by atoms with Crippen LogP contribution in [0.5, 0.6) is 11.5 Å². The van der Waals surface area contributed by atoms with Crippen LogP contribution in [0.1, 0.15) is 34.5 Å². The van der Waals surface area contributed by atoms with Gasteiger partial charge in [-0.05, 0) is 69.2 Å². The lowest BCUT2D eigenvalue weighted by Gasteiger charge is -2.18. The lowest BCUT2D eigenvalue weighted by molar-refractivity contribution is 0.0984. The summed E-state index contributed by atoms with van der Waals surface area (Å²) in [6.07, 6.45) is 0. The number of nitrogens with zero attached hydrogens (tertiary/aromatic N) is 2. The fourth-order valence-corrected chi connectivity index (χ4v) is 5.11. The molecule has 2 N–H and O–H groups in total. The zero-order valence-corrected chi connectivity index (χ0v) is 21.2. The number of nitrogens with one attached hydrogen (secondary N) is 1. The highest BCUT2D eigenvalue weighted by molar-refractivity contribution is 6.22. The first-order valence-electron chi connectivity index (χ1n) is 11.9. The van der Waals surface area contributed by atoms with E-state index in [0.29, 0.717) is 24.5 Å². The summed E-state index contributed by atoms with van der Waals surface area (Å²) in [6.45, 7) is 5.83. The molecule has 182 valence electrons. The van der Waals surface area contributed by atoms with Crippen LogP contribution >= 0.6 is 11.6 Å². The molecule has 0 unspecified atom stereocenters. The van der Waals surface area contributed by atoms with E-state index >= 15 is 0 Å². The van der Waals surface area contributed by atoms with Gasteiger partial charge in [-0.2, -0.15) is 0 Å². The van der Waals surface area contributed by atoms with Crippen LogP contribution in [0.4, 0.5) is 5.69 Å². The highest BCUT2D eigenvalue weighted by Crippen LogP contribution is 2.47. The van der Waals surface area contributed by atoms with E-state index in [9.17, 15) is 9.90 Å². The summed E-state index contributed by atoms with van der Waals surface area (Å²) in [5.74, 6) is 0.747. The molecule has 7 heteroatoms. The second-order valence-corrected chi connectivity index (χ2v) is 10.3. The van der Waals surface area contributed by atoms with Crippen LogP contribution in [-0.2, 0) is 0 Å². The minimum atomic E-state index is -0.176. The predicted octanol–water partition coefficient (Wildman–Crippen LogP) is 5.65. The molecule has 3 aromatic carbocycles. The number of fused-ring (bicyclic) bond motifs is 4. The number of hydrogen-bond donors (Lipinski definition) is 2. The second-order valence-electron chi connectivity index (χ2n) is 9.66. The number of benzene rings is 3. The molecular formula is C28H30ClN3O3. The van der Waals surface area contributed by atoms with E-state index in [2.05, 4.69) is 9.88 Å². The molecule has 2 heterocycles. The van der Waals surface area contributed by atoms with Crippen LogP contribution in [0.15, 0.2) is 48.5 Å². The molecule has 0 saturated carbocycles. The van der Waals surface area contributed by atoms with Crippen LogP contribution in [-0.4, -0.2) is 60.1 Å². The van der Waals surface area contributed by atoms with E-state index in [1.807, 2.05) is 70.4 Å². The molecule has 1 aliphatic rings. The number of carbonyl (C=O) groups is 1. The van der Waals surface area contributed by atoms with E-state index in [4.69, 9.17) is 16.3 Å². The highest BCUT2D eigenvalue weighted by Gasteiger charge is 2.37. The van der Waals surface area contributed by atoms with Crippen molar-refractivity contribution in [3.05, 3.63) is 65.4 Å². The summed E-state index contributed by atoms with van der Waals surface area (Å²) in [4.78, 5) is 20.8. The molecule has 1 aliphatic heterocycles. The van der Waals surface area contributed by atoms with Crippen molar-refractivity contribution < 1.29 is 14.6 Å². The summed E-state index contributed by atoms with van der Waals surface area (Å²) in [7, 11) is 4.01. The number of aryl methyl sites for hydroxylation is 1. The normalized spacial score (nSPS) is 16.3. The molecule has 0 bridgehead atoms. The lowest BCUT2D eigenvalue weighted by Crippen LogP contribution is -2.31. The quantitative estimate of drug-likeness (QED) is 0.342. The number of alkyl halides is 1. The fourth-order valence-electron chi connectivity index (χ4n) is 4.90. The van der Waals surface area contributed by atoms with Crippen LogP contribution in [0.3, 0.4) is 0 Å². The number of halogens is 1. The van der Waals surface area contributed by atoms with Gasteiger partial charge in [0, 0.05) is 46.7 Å². The molecule has 0 saturated heterocycles. The van der Waals surface area contributed by atoms with Crippen molar-refractivity contribution in [2.45, 2.75) is 25.1 Å². The van der Waals surface area contributed by atoms with Crippen molar-refractivity contribution in [3.63, 3.8) is 0 Å². The maximum atomic E-state index is 13.7. The van der Waals surface area contributed by atoms with Crippen molar-refractivity contribution in [2.75, 3.05) is 38.7 Å². The molecule has 1 aromatic heterocycles. The molecule has 0 fully saturated rings. The summed E-state index contributed by atoms with van der Waals surface area (Å²) >= 11 is 6.62. The SMILES string of the molecule is Cc1ccc2c3c(cc(O)c2c1)N(C(=O)c1cc2cc(OCCN(C)C)ccc2[nH]1)C[C@H]3[C@@H](C)Cl. The average molecular weight is 492 g/mol. The van der Waals surface area contributed by atoms with Gasteiger partial charge in [0.2, 0.25) is 0 Å². The van der Waals surface area contributed by atoms with Gasteiger partial charge in [0.15, 0.2) is 0 Å². The van der Waals surface area contributed by atoms with Crippen molar-refractivity contribution in [1.82, 2.24) is 9.88 Å². The fraction of sp³-hybridized carbons (Fsp3) is 0.321. The van der Waals surface area contributed by atoms with Crippen LogP contribution in [0, 0.1) is 6.92 Å². The van der Waals surface area contributed by atoms with Gasteiger partial charge in [-0.3, -0.25) is 4.79 Å². The average Bonchev–Trinajstić information content (AvgIpc) is 3.40. The first-order chi connectivity index (χ1) is 16.7. The molecule has 4 aromatic rings. The minimum Gasteiger partial charge on any atom is -0.507 e. The molecule has 1 amide bonds. The number of rotatable bonds is 6. The van der Waals surface area contributed by atoms with Gasteiger partial charge < -0.3 is 24.6 Å². The van der Waals surface area contributed by atoms with Crippen molar-refractivity contribution in [1.29, 1.82) is 0 Å². The number of aromatic nitrogens is 1. The van der Waals surface area contributed by atoms with Crippen molar-refractivity contribution in [2.24, 2.45) is 0 Å². The molecule has 0 radical (unpaired) electrons. The number of phenolic OH excluding ortho intramolecular Hbond substituents is 1. The third kappa shape index (κ3) is 4.32. The van der Waals surface area contributed by atoms with Crippen LogP contribution < -0.4 is 9.64 Å². The molecule has 6 nitrogen and oxygen atoms in total. The minimum absolute atomic E-state index is 0.0394. The number of aromatic amines is 1. The van der Waals surface area contributed by atoms with E-state index in [1.165, 1.54) is 0 Å². The smallest absolute Gasteiger partial charge is 0.274 e. The van der Waals surface area contributed by atoms with E-state index in [-0.39, 0.29) is 23.0 Å². The zero-order valence-electron chi connectivity index (χ0n) is 20.4. The summed E-state index contributed by atoms with van der Waals surface area (Å²) < 4.78 is 5.85. The standard InChI is InChI=1S/C28H30ClN3O3/c1-16-5-7-20-21(11-16)26(33)14-25-27(20)22(17(2)29)15-32(25)28(34)24-13-18-12-19(6-8-23(18)30-24)35-10-9-31(3)4/h5-8,11-14,17,22,30,33H,9-10,15H2,1-4H3/t17-,22+/m1/s1. The Kier molecular flexibility index (Phi) is 6.11. The number of amides is 1. The Morgan fingerprint density at radius 2 is 2.00 bits per heavy atom. The van der Waals surface area contributed by atoms with E-state index < -0.39 is 0 Å². The van der Waals surface area contributed by atoms with Gasteiger partial charge in [0.25, 0.3) is 5.91 Å². The Labute approximate surface area is 210 Å². The number of H-pyrrole nitrogens is 1. The van der Waals surface area contributed by atoms with Gasteiger partial charge in [0.05, 0.1) is 5.69 Å². The third-order valence-electron chi connectivity index (χ3n) is 6.76. The Hall–Kier alpha value is -3.22. The number of carbonyl (C=O) groups excluding carboxylic acids is 1. The molecule has 35 heavy (non-hydrogen) atoms. The van der Waals surface area contributed by atoms with E-state index in [1.54, 1.807) is 11.0 Å². The van der Waals surface area contributed by atoms with Gasteiger partial charge in [-0.25, -0.2) is 0 Å². The number of phenols is 1. The Balaban J connectivity index is 1.50. The monoisotopic (exact) mass is 491 g/mol. The number of aromatic hydroxyl groups is 1. The number of likely N-dealkylation sites (N-methyl/N-ethyl adjacent to an activating group) is 1. The molecule has 2 atom stereocenters. The number of ether oxygens (including phenoxy) is 1. The maximum absolute atomic E-state index is 13.7. The lowest BCUT2D eigenvalue weighted by atomic mass is 9.92. The number of hydrogen-bond acceptors (Lipinski definition) is 4. The van der Waals surface area contributed by atoms with E-state index in [0.717, 1.165) is 45.1 Å². The summed E-state index contributed by atoms with van der Waals surface area (Å²) in [5, 5.41) is 13.3. The summed E-state index contributed by atoms with van der Waals surface area (Å²) in [6, 6.07) is 15.4. The maximum Gasteiger partial charge on any atom is 0.274 e. The van der Waals surface area contributed by atoms with Crippen LogP contribution in [0.2, 0.25) is 0 Å². The van der Waals surface area contributed by atoms with Gasteiger partial charge in [-0.1, -0.05) is 17.7 Å². The van der Waals surface area contributed by atoms with Gasteiger partial charge >= 0.3 is 0 Å². The van der Waals surface area contributed by atoms with Gasteiger partial charge in [-0.15, -0.1) is 11.6 Å². The molecular weight excluding hydrogens is 462 g/mol. The second kappa shape index (κ2) is 9.10.